The minimum atomic E-state index is 0.556. The van der Waals surface area contributed by atoms with E-state index in [0.29, 0.717) is 11.8 Å². The summed E-state index contributed by atoms with van der Waals surface area (Å²) in [5, 5.41) is 0. The maximum Gasteiger partial charge on any atom is 0.0206 e. The van der Waals surface area contributed by atoms with Gasteiger partial charge in [0.25, 0.3) is 0 Å². The Labute approximate surface area is 145 Å². The highest BCUT2D eigenvalue weighted by molar-refractivity contribution is 5.26. The summed E-state index contributed by atoms with van der Waals surface area (Å²) in [6.07, 6.45) is 18.5. The highest BCUT2D eigenvalue weighted by Crippen LogP contribution is 2.31. The van der Waals surface area contributed by atoms with Crippen LogP contribution in [0.2, 0.25) is 0 Å². The molecule has 0 radical (unpaired) electrons. The summed E-state index contributed by atoms with van der Waals surface area (Å²) in [7, 11) is 0. The van der Waals surface area contributed by atoms with Crippen LogP contribution in [0, 0.1) is 41.4 Å². The van der Waals surface area contributed by atoms with E-state index >= 15 is 0 Å². The Kier molecular flexibility index (Phi) is 11.5. The number of hydrogen-bond acceptors (Lipinski definition) is 0. The molecule has 128 valence electrons. The predicted molar refractivity (Wildman–Crippen MR) is 103 cm³/mol. The fraction of sp³-hybridized carbons (Fsp3) is 0.739. The topological polar surface area (TPSA) is 0 Å². The second-order valence-electron chi connectivity index (χ2n) is 7.02. The number of rotatable bonds is 7. The fourth-order valence-corrected chi connectivity index (χ4v) is 3.42. The van der Waals surface area contributed by atoms with Crippen molar-refractivity contribution < 1.29 is 0 Å². The first-order valence-electron chi connectivity index (χ1n) is 9.97. The van der Waals surface area contributed by atoms with Crippen molar-refractivity contribution in [3.8, 4) is 23.7 Å². The quantitative estimate of drug-likeness (QED) is 0.360. The Morgan fingerprint density at radius 3 is 2.30 bits per heavy atom. The predicted octanol–water partition coefficient (Wildman–Crippen LogP) is 6.76. The van der Waals surface area contributed by atoms with Gasteiger partial charge in [0.15, 0.2) is 0 Å². The van der Waals surface area contributed by atoms with Gasteiger partial charge in [-0.25, -0.2) is 0 Å². The molecule has 0 aromatic rings. The molecule has 0 amide bonds. The molecule has 0 aliphatic heterocycles. The highest BCUT2D eigenvalue weighted by atomic mass is 14.2. The molecular weight excluding hydrogens is 276 g/mol. The van der Waals surface area contributed by atoms with Gasteiger partial charge in [-0.3, -0.25) is 0 Å². The van der Waals surface area contributed by atoms with E-state index in [-0.39, 0.29) is 0 Å². The van der Waals surface area contributed by atoms with E-state index in [1.807, 2.05) is 12.2 Å². The molecule has 0 saturated heterocycles. The maximum atomic E-state index is 3.43. The van der Waals surface area contributed by atoms with Crippen LogP contribution < -0.4 is 0 Å². The zero-order valence-electron chi connectivity index (χ0n) is 15.7. The monoisotopic (exact) mass is 312 g/mol. The van der Waals surface area contributed by atoms with Gasteiger partial charge in [-0.05, 0) is 56.6 Å². The molecule has 1 unspecified atom stereocenters. The van der Waals surface area contributed by atoms with E-state index in [1.165, 1.54) is 64.2 Å². The Hall–Kier alpha value is -1.14. The molecule has 0 heterocycles. The molecule has 1 saturated carbocycles. The van der Waals surface area contributed by atoms with Crippen LogP contribution in [0.5, 0.6) is 0 Å². The lowest BCUT2D eigenvalue weighted by Gasteiger charge is -2.25. The summed E-state index contributed by atoms with van der Waals surface area (Å²) in [5.74, 6) is 15.3. The molecule has 0 spiro atoms. The largest absolute Gasteiger partial charge is 0.0951 e. The first-order valence-corrected chi connectivity index (χ1v) is 9.97. The summed E-state index contributed by atoms with van der Waals surface area (Å²) in [4.78, 5) is 0. The number of unbranched alkanes of at least 4 members (excludes halogenated alkanes) is 2. The van der Waals surface area contributed by atoms with Crippen LogP contribution in [-0.2, 0) is 0 Å². The minimum Gasteiger partial charge on any atom is -0.0951 e. The Bertz CT molecular complexity index is 426. The van der Waals surface area contributed by atoms with Crippen LogP contribution in [0.1, 0.15) is 91.4 Å². The van der Waals surface area contributed by atoms with Gasteiger partial charge < -0.3 is 0 Å². The fourth-order valence-electron chi connectivity index (χ4n) is 3.42. The van der Waals surface area contributed by atoms with Gasteiger partial charge in [0.05, 0.1) is 0 Å². The van der Waals surface area contributed by atoms with E-state index in [2.05, 4.69) is 44.5 Å². The Morgan fingerprint density at radius 1 is 0.913 bits per heavy atom. The maximum absolute atomic E-state index is 3.43. The summed E-state index contributed by atoms with van der Waals surface area (Å²) >= 11 is 0. The van der Waals surface area contributed by atoms with E-state index in [1.54, 1.807) is 0 Å². The minimum absolute atomic E-state index is 0.556. The standard InChI is InChI=1S/C23H36/c1-4-7-10-15-22-17-19-23(20-18-22)16-12-9-8-11-14-21(6-3)13-5-2/h8-9,21-23H,4-7,10,13,15,17-20H2,1-3H3/b9-8+/t21?,22-,23-. The molecule has 1 aliphatic carbocycles. The van der Waals surface area contributed by atoms with Crippen molar-refractivity contribution in [3.05, 3.63) is 12.2 Å². The second kappa shape index (κ2) is 13.3. The van der Waals surface area contributed by atoms with Crippen LogP contribution in [0.15, 0.2) is 12.2 Å². The molecular formula is C23H36. The van der Waals surface area contributed by atoms with Crippen LogP contribution in [0.4, 0.5) is 0 Å². The molecule has 23 heavy (non-hydrogen) atoms. The van der Waals surface area contributed by atoms with Crippen molar-refractivity contribution in [1.29, 1.82) is 0 Å². The molecule has 1 atom stereocenters. The Morgan fingerprint density at radius 2 is 1.65 bits per heavy atom. The molecule has 0 aromatic carbocycles. The van der Waals surface area contributed by atoms with Gasteiger partial charge in [-0.15, -0.1) is 0 Å². The van der Waals surface area contributed by atoms with Crippen LogP contribution in [0.25, 0.3) is 0 Å². The third-order valence-corrected chi connectivity index (χ3v) is 5.02. The third kappa shape index (κ3) is 9.56. The van der Waals surface area contributed by atoms with Crippen molar-refractivity contribution in [3.63, 3.8) is 0 Å². The van der Waals surface area contributed by atoms with Gasteiger partial charge in [0, 0.05) is 11.8 Å². The van der Waals surface area contributed by atoms with E-state index < -0.39 is 0 Å². The van der Waals surface area contributed by atoms with Crippen molar-refractivity contribution in [2.24, 2.45) is 17.8 Å². The van der Waals surface area contributed by atoms with Gasteiger partial charge in [0.2, 0.25) is 0 Å². The van der Waals surface area contributed by atoms with Crippen molar-refractivity contribution in [1.82, 2.24) is 0 Å². The van der Waals surface area contributed by atoms with E-state index in [4.69, 9.17) is 0 Å². The van der Waals surface area contributed by atoms with E-state index in [9.17, 15) is 0 Å². The summed E-state index contributed by atoms with van der Waals surface area (Å²) < 4.78 is 0. The van der Waals surface area contributed by atoms with Crippen LogP contribution in [0.3, 0.4) is 0 Å². The smallest absolute Gasteiger partial charge is 0.0206 e. The normalized spacial score (nSPS) is 22.0. The molecule has 0 aromatic heterocycles. The van der Waals surface area contributed by atoms with Crippen molar-refractivity contribution in [2.45, 2.75) is 91.4 Å². The molecule has 0 nitrogen and oxygen atoms in total. The second-order valence-corrected chi connectivity index (χ2v) is 7.02. The lowest BCUT2D eigenvalue weighted by atomic mass is 9.80. The number of hydrogen-bond donors (Lipinski definition) is 0. The van der Waals surface area contributed by atoms with Gasteiger partial charge >= 0.3 is 0 Å². The Balaban J connectivity index is 2.25. The number of allylic oxidation sites excluding steroid dienone is 2. The highest BCUT2D eigenvalue weighted by Gasteiger charge is 2.19. The molecule has 1 aliphatic rings. The summed E-state index contributed by atoms with van der Waals surface area (Å²) in [6, 6.07) is 0. The zero-order valence-corrected chi connectivity index (χ0v) is 15.7. The zero-order chi connectivity index (χ0) is 16.8. The molecule has 0 N–H and O–H groups in total. The average molecular weight is 313 g/mol. The average Bonchev–Trinajstić information content (AvgIpc) is 2.58. The lowest BCUT2D eigenvalue weighted by molar-refractivity contribution is 0.294. The van der Waals surface area contributed by atoms with Crippen molar-refractivity contribution in [2.75, 3.05) is 0 Å². The molecule has 1 fully saturated rings. The first-order chi connectivity index (χ1) is 11.3. The van der Waals surface area contributed by atoms with Gasteiger partial charge in [0.1, 0.15) is 0 Å². The molecule has 1 rings (SSSR count). The molecule has 0 bridgehead atoms. The van der Waals surface area contributed by atoms with E-state index in [0.717, 1.165) is 12.3 Å². The summed E-state index contributed by atoms with van der Waals surface area (Å²) in [6.45, 7) is 6.73. The molecule has 0 heteroatoms. The van der Waals surface area contributed by atoms with Crippen LogP contribution in [-0.4, -0.2) is 0 Å². The summed E-state index contributed by atoms with van der Waals surface area (Å²) in [5.41, 5.74) is 0. The first kappa shape index (κ1) is 19.9. The third-order valence-electron chi connectivity index (χ3n) is 5.02. The van der Waals surface area contributed by atoms with Gasteiger partial charge in [-0.1, -0.05) is 76.6 Å². The van der Waals surface area contributed by atoms with Crippen LogP contribution >= 0.6 is 0 Å². The SMILES string of the molecule is CCCCC[C@H]1CC[C@H](C#C/C=C/C#CC(CC)CCC)CC1. The lowest BCUT2D eigenvalue weighted by Crippen LogP contribution is -2.13. The van der Waals surface area contributed by atoms with Gasteiger partial charge in [-0.2, -0.15) is 0 Å². The van der Waals surface area contributed by atoms with Crippen molar-refractivity contribution >= 4 is 0 Å².